The second kappa shape index (κ2) is 4.52. The van der Waals surface area contributed by atoms with E-state index in [4.69, 9.17) is 0 Å². The van der Waals surface area contributed by atoms with Crippen molar-refractivity contribution in [2.45, 2.75) is 6.54 Å². The molecule has 0 aromatic heterocycles. The van der Waals surface area contributed by atoms with Gasteiger partial charge in [0.05, 0.1) is 4.92 Å². The van der Waals surface area contributed by atoms with Gasteiger partial charge in [-0.2, -0.15) is 0 Å². The fourth-order valence-electron chi connectivity index (χ4n) is 1.51. The summed E-state index contributed by atoms with van der Waals surface area (Å²) in [5.41, 5.74) is 0.993. The third kappa shape index (κ3) is 2.33. The zero-order valence-corrected chi connectivity index (χ0v) is 9.27. The van der Waals surface area contributed by atoms with E-state index in [1.807, 2.05) is 0 Å². The maximum atomic E-state index is 11.3. The summed E-state index contributed by atoms with van der Waals surface area (Å²) in [6.45, 7) is 1.28. The van der Waals surface area contributed by atoms with Crippen molar-refractivity contribution in [3.8, 4) is 0 Å². The Labute approximate surface area is 96.6 Å². The highest BCUT2D eigenvalue weighted by atomic mass is 32.2. The van der Waals surface area contributed by atoms with Crippen molar-refractivity contribution in [3.63, 3.8) is 0 Å². The zero-order valence-electron chi connectivity index (χ0n) is 8.46. The van der Waals surface area contributed by atoms with Crippen molar-refractivity contribution in [3.05, 3.63) is 39.9 Å². The molecule has 1 heterocycles. The number of nitro benzene ring substituents is 1. The van der Waals surface area contributed by atoms with Crippen molar-refractivity contribution >= 4 is 22.7 Å². The molecule has 0 unspecified atom stereocenters. The van der Waals surface area contributed by atoms with E-state index in [-0.39, 0.29) is 10.9 Å². The number of carbonyl (C=O) groups excluding carboxylic acids is 1. The molecule has 0 bridgehead atoms. The highest BCUT2D eigenvalue weighted by molar-refractivity contribution is 8.13. The van der Waals surface area contributed by atoms with Gasteiger partial charge in [-0.3, -0.25) is 14.9 Å². The first-order chi connectivity index (χ1) is 7.66. The lowest BCUT2D eigenvalue weighted by Crippen LogP contribution is -2.22. The van der Waals surface area contributed by atoms with Crippen LogP contribution < -0.4 is 0 Å². The minimum absolute atomic E-state index is 0.0749. The van der Waals surface area contributed by atoms with Crippen LogP contribution in [0.4, 0.5) is 10.5 Å². The van der Waals surface area contributed by atoms with E-state index in [1.165, 1.54) is 23.9 Å². The summed E-state index contributed by atoms with van der Waals surface area (Å²) in [6.07, 6.45) is 0. The number of nitro groups is 1. The SMILES string of the molecule is O=C1SCCN1Cc1ccc([N+](=O)[O-])cc1. The number of thioether (sulfide) groups is 1. The van der Waals surface area contributed by atoms with Gasteiger partial charge in [-0.05, 0) is 5.56 Å². The van der Waals surface area contributed by atoms with Gasteiger partial charge in [-0.25, -0.2) is 0 Å². The molecule has 0 atom stereocenters. The number of hydrogen-bond donors (Lipinski definition) is 0. The lowest BCUT2D eigenvalue weighted by atomic mass is 10.2. The predicted octanol–water partition coefficient (Wildman–Crippen LogP) is 2.26. The first-order valence-corrected chi connectivity index (χ1v) is 5.80. The van der Waals surface area contributed by atoms with E-state index >= 15 is 0 Å². The number of carbonyl (C=O) groups is 1. The second-order valence-corrected chi connectivity index (χ2v) is 4.51. The molecular formula is C10H10N2O3S. The van der Waals surface area contributed by atoms with E-state index in [1.54, 1.807) is 17.0 Å². The fourth-order valence-corrected chi connectivity index (χ4v) is 2.34. The van der Waals surface area contributed by atoms with Crippen LogP contribution in [0.25, 0.3) is 0 Å². The normalized spacial score (nSPS) is 15.5. The van der Waals surface area contributed by atoms with Crippen molar-refractivity contribution in [1.82, 2.24) is 4.90 Å². The first-order valence-electron chi connectivity index (χ1n) is 4.82. The number of non-ortho nitro benzene ring substituents is 1. The number of hydrogen-bond acceptors (Lipinski definition) is 4. The quantitative estimate of drug-likeness (QED) is 0.598. The van der Waals surface area contributed by atoms with Crippen LogP contribution in [-0.4, -0.2) is 27.4 Å². The average molecular weight is 238 g/mol. The summed E-state index contributed by atoms with van der Waals surface area (Å²) in [5, 5.41) is 10.5. The molecule has 0 radical (unpaired) electrons. The van der Waals surface area contributed by atoms with E-state index in [0.717, 1.165) is 17.9 Å². The van der Waals surface area contributed by atoms with Gasteiger partial charge in [-0.1, -0.05) is 23.9 Å². The molecule has 0 aliphatic carbocycles. The monoisotopic (exact) mass is 238 g/mol. The molecule has 1 aromatic carbocycles. The van der Waals surface area contributed by atoms with Crippen molar-refractivity contribution in [1.29, 1.82) is 0 Å². The van der Waals surface area contributed by atoms with Crippen LogP contribution >= 0.6 is 11.8 Å². The van der Waals surface area contributed by atoms with Gasteiger partial charge in [0, 0.05) is 31.0 Å². The Morgan fingerprint density at radius 1 is 1.38 bits per heavy atom. The zero-order chi connectivity index (χ0) is 11.5. The average Bonchev–Trinajstić information content (AvgIpc) is 2.65. The van der Waals surface area contributed by atoms with Gasteiger partial charge in [-0.15, -0.1) is 0 Å². The van der Waals surface area contributed by atoms with Crippen LogP contribution in [0.1, 0.15) is 5.56 Å². The third-order valence-corrected chi connectivity index (χ3v) is 3.26. The number of rotatable bonds is 3. The molecule has 6 heteroatoms. The molecule has 84 valence electrons. The number of benzene rings is 1. The molecule has 1 aliphatic rings. The standard InChI is InChI=1S/C10H10N2O3S/c13-10-11(5-6-16-10)7-8-1-3-9(4-2-8)12(14)15/h1-4H,5-7H2. The Balaban J connectivity index is 2.05. The van der Waals surface area contributed by atoms with Crippen molar-refractivity contribution in [2.24, 2.45) is 0 Å². The summed E-state index contributed by atoms with van der Waals surface area (Å²) in [6, 6.07) is 6.30. The minimum Gasteiger partial charge on any atom is -0.328 e. The van der Waals surface area contributed by atoms with Crippen LogP contribution in [0, 0.1) is 10.1 Å². The summed E-state index contributed by atoms with van der Waals surface area (Å²) in [7, 11) is 0. The topological polar surface area (TPSA) is 63.5 Å². The lowest BCUT2D eigenvalue weighted by Gasteiger charge is -2.13. The Bertz CT molecular complexity index is 419. The summed E-state index contributed by atoms with van der Waals surface area (Å²) in [5.74, 6) is 0.825. The molecule has 1 aromatic rings. The van der Waals surface area contributed by atoms with Gasteiger partial charge >= 0.3 is 0 Å². The highest BCUT2D eigenvalue weighted by Gasteiger charge is 2.20. The van der Waals surface area contributed by atoms with Gasteiger partial charge in [0.2, 0.25) is 0 Å². The molecule has 0 saturated carbocycles. The predicted molar refractivity (Wildman–Crippen MR) is 61.4 cm³/mol. The van der Waals surface area contributed by atoms with Crippen molar-refractivity contribution in [2.75, 3.05) is 12.3 Å². The largest absolute Gasteiger partial charge is 0.328 e. The molecule has 1 amide bonds. The molecule has 0 spiro atoms. The van der Waals surface area contributed by atoms with E-state index in [9.17, 15) is 14.9 Å². The molecule has 1 saturated heterocycles. The smallest absolute Gasteiger partial charge is 0.282 e. The van der Waals surface area contributed by atoms with Crippen LogP contribution in [-0.2, 0) is 6.54 Å². The van der Waals surface area contributed by atoms with Crippen molar-refractivity contribution < 1.29 is 9.72 Å². The van der Waals surface area contributed by atoms with Gasteiger partial charge in [0.15, 0.2) is 0 Å². The number of nitrogens with zero attached hydrogens (tertiary/aromatic N) is 2. The minimum atomic E-state index is -0.430. The molecule has 1 aliphatic heterocycles. The maximum Gasteiger partial charge on any atom is 0.282 e. The lowest BCUT2D eigenvalue weighted by molar-refractivity contribution is -0.384. The maximum absolute atomic E-state index is 11.3. The van der Waals surface area contributed by atoms with Gasteiger partial charge in [0.25, 0.3) is 10.9 Å². The van der Waals surface area contributed by atoms with E-state index in [2.05, 4.69) is 0 Å². The molecular weight excluding hydrogens is 228 g/mol. The Hall–Kier alpha value is -1.56. The second-order valence-electron chi connectivity index (χ2n) is 3.46. The molecule has 2 rings (SSSR count). The van der Waals surface area contributed by atoms with Crippen LogP contribution in [0.3, 0.4) is 0 Å². The Morgan fingerprint density at radius 2 is 2.06 bits per heavy atom. The third-order valence-electron chi connectivity index (χ3n) is 2.37. The highest BCUT2D eigenvalue weighted by Crippen LogP contribution is 2.20. The first kappa shape index (κ1) is 10.9. The van der Waals surface area contributed by atoms with Crippen LogP contribution in [0.15, 0.2) is 24.3 Å². The fraction of sp³-hybridized carbons (Fsp3) is 0.300. The Morgan fingerprint density at radius 3 is 2.56 bits per heavy atom. The molecule has 16 heavy (non-hydrogen) atoms. The summed E-state index contributed by atoms with van der Waals surface area (Å²) < 4.78 is 0. The summed E-state index contributed by atoms with van der Waals surface area (Å²) in [4.78, 5) is 23.1. The Kier molecular flexibility index (Phi) is 3.09. The molecule has 1 fully saturated rings. The van der Waals surface area contributed by atoms with Crippen LogP contribution in [0.2, 0.25) is 0 Å². The molecule has 0 N–H and O–H groups in total. The van der Waals surface area contributed by atoms with E-state index in [0.29, 0.717) is 6.54 Å². The molecule has 5 nitrogen and oxygen atoms in total. The van der Waals surface area contributed by atoms with Gasteiger partial charge < -0.3 is 4.90 Å². The van der Waals surface area contributed by atoms with Crippen LogP contribution in [0.5, 0.6) is 0 Å². The van der Waals surface area contributed by atoms with E-state index < -0.39 is 4.92 Å². The number of amides is 1. The summed E-state index contributed by atoms with van der Waals surface area (Å²) >= 11 is 1.31. The van der Waals surface area contributed by atoms with Gasteiger partial charge in [0.1, 0.15) is 0 Å².